The van der Waals surface area contributed by atoms with Crippen LogP contribution in [0.5, 0.6) is 0 Å². The Morgan fingerprint density at radius 1 is 1.31 bits per heavy atom. The molecule has 13 heavy (non-hydrogen) atoms. The summed E-state index contributed by atoms with van der Waals surface area (Å²) in [5, 5.41) is 3.28. The molecule has 0 aromatic rings. The molecule has 2 rings (SSSR count). The highest BCUT2D eigenvalue weighted by molar-refractivity contribution is 5.05. The van der Waals surface area contributed by atoms with E-state index in [-0.39, 0.29) is 0 Å². The molecule has 2 heteroatoms. The van der Waals surface area contributed by atoms with Crippen LogP contribution in [-0.2, 0) is 0 Å². The molecule has 0 atom stereocenters. The van der Waals surface area contributed by atoms with Gasteiger partial charge in [0.2, 0.25) is 0 Å². The van der Waals surface area contributed by atoms with Crippen molar-refractivity contribution < 1.29 is 0 Å². The van der Waals surface area contributed by atoms with Crippen LogP contribution in [0.1, 0.15) is 33.1 Å². The molecule has 0 bridgehead atoms. The number of likely N-dealkylation sites (N-methyl/N-ethyl adjacent to an activating group) is 1. The molecule has 0 aromatic carbocycles. The van der Waals surface area contributed by atoms with Crippen LogP contribution in [0, 0.1) is 5.41 Å². The average molecular weight is 182 g/mol. The highest BCUT2D eigenvalue weighted by Crippen LogP contribution is 2.49. The largest absolute Gasteiger partial charge is 0.318 e. The number of nitrogens with one attached hydrogen (secondary N) is 1. The van der Waals surface area contributed by atoms with E-state index in [1.807, 2.05) is 7.05 Å². The van der Waals surface area contributed by atoms with Gasteiger partial charge < -0.3 is 5.32 Å². The summed E-state index contributed by atoms with van der Waals surface area (Å²) in [4.78, 5) is 2.63. The zero-order chi connectivity index (χ0) is 9.53. The minimum Gasteiger partial charge on any atom is -0.318 e. The molecule has 0 radical (unpaired) electrons. The van der Waals surface area contributed by atoms with Crippen LogP contribution in [0.25, 0.3) is 0 Å². The van der Waals surface area contributed by atoms with Gasteiger partial charge in [-0.2, -0.15) is 0 Å². The summed E-state index contributed by atoms with van der Waals surface area (Å²) < 4.78 is 0. The molecule has 1 spiro atoms. The predicted molar refractivity (Wildman–Crippen MR) is 55.9 cm³/mol. The van der Waals surface area contributed by atoms with Crippen molar-refractivity contribution in [1.29, 1.82) is 0 Å². The third-order valence-electron chi connectivity index (χ3n) is 3.93. The molecule has 1 saturated heterocycles. The van der Waals surface area contributed by atoms with Gasteiger partial charge in [0.1, 0.15) is 0 Å². The number of hydrogen-bond acceptors (Lipinski definition) is 2. The van der Waals surface area contributed by atoms with Crippen LogP contribution in [0.4, 0.5) is 0 Å². The molecule has 1 aliphatic heterocycles. The van der Waals surface area contributed by atoms with Crippen molar-refractivity contribution in [2.75, 3.05) is 26.7 Å². The Balaban J connectivity index is 1.84. The van der Waals surface area contributed by atoms with Gasteiger partial charge in [0, 0.05) is 25.2 Å². The van der Waals surface area contributed by atoms with E-state index in [0.717, 1.165) is 12.0 Å². The number of nitrogens with zero attached hydrogens (tertiary/aromatic N) is 1. The molecule has 1 N–H and O–H groups in total. The van der Waals surface area contributed by atoms with Crippen LogP contribution < -0.4 is 5.32 Å². The first kappa shape index (κ1) is 9.47. The summed E-state index contributed by atoms with van der Waals surface area (Å²) in [5.74, 6) is 0. The molecule has 1 aliphatic carbocycles. The van der Waals surface area contributed by atoms with E-state index in [2.05, 4.69) is 24.1 Å². The topological polar surface area (TPSA) is 15.3 Å². The van der Waals surface area contributed by atoms with Gasteiger partial charge in [-0.15, -0.1) is 0 Å². The Hall–Kier alpha value is -0.0800. The summed E-state index contributed by atoms with van der Waals surface area (Å²) in [6.07, 6.45) is 4.44. The van der Waals surface area contributed by atoms with E-state index in [4.69, 9.17) is 0 Å². The Morgan fingerprint density at radius 3 is 2.31 bits per heavy atom. The SMILES string of the molecule is CNCC(C)(C)N1CC2(CCC2)C1. The van der Waals surface area contributed by atoms with E-state index in [0.29, 0.717) is 5.54 Å². The maximum absolute atomic E-state index is 3.28. The molecule has 0 aromatic heterocycles. The monoisotopic (exact) mass is 182 g/mol. The van der Waals surface area contributed by atoms with Crippen molar-refractivity contribution in [3.63, 3.8) is 0 Å². The van der Waals surface area contributed by atoms with Gasteiger partial charge in [-0.3, -0.25) is 4.90 Å². The molecule has 2 aliphatic rings. The number of likely N-dealkylation sites (tertiary alicyclic amines) is 1. The maximum Gasteiger partial charge on any atom is 0.0278 e. The van der Waals surface area contributed by atoms with Crippen LogP contribution in [0.15, 0.2) is 0 Å². The Morgan fingerprint density at radius 2 is 1.92 bits per heavy atom. The number of rotatable bonds is 3. The first-order chi connectivity index (χ1) is 6.08. The molecule has 1 saturated carbocycles. The Bertz CT molecular complexity index is 186. The summed E-state index contributed by atoms with van der Waals surface area (Å²) in [7, 11) is 2.04. The summed E-state index contributed by atoms with van der Waals surface area (Å²) in [5.41, 5.74) is 1.13. The highest BCUT2D eigenvalue weighted by atomic mass is 15.3. The molecule has 2 fully saturated rings. The first-order valence-electron chi connectivity index (χ1n) is 5.48. The van der Waals surface area contributed by atoms with Gasteiger partial charge in [-0.05, 0) is 39.2 Å². The van der Waals surface area contributed by atoms with Gasteiger partial charge in [-0.25, -0.2) is 0 Å². The van der Waals surface area contributed by atoms with E-state index in [1.165, 1.54) is 32.4 Å². The third-order valence-corrected chi connectivity index (χ3v) is 3.93. The second kappa shape index (κ2) is 2.96. The minimum absolute atomic E-state index is 0.357. The summed E-state index contributed by atoms with van der Waals surface area (Å²) in [6, 6.07) is 0. The quantitative estimate of drug-likeness (QED) is 0.711. The van der Waals surface area contributed by atoms with Crippen LogP contribution in [0.3, 0.4) is 0 Å². The molecule has 0 unspecified atom stereocenters. The molecular weight excluding hydrogens is 160 g/mol. The lowest BCUT2D eigenvalue weighted by Gasteiger charge is -2.61. The van der Waals surface area contributed by atoms with Crippen LogP contribution in [0.2, 0.25) is 0 Å². The van der Waals surface area contributed by atoms with Crippen molar-refractivity contribution in [3.05, 3.63) is 0 Å². The van der Waals surface area contributed by atoms with E-state index in [1.54, 1.807) is 0 Å². The van der Waals surface area contributed by atoms with Crippen molar-refractivity contribution in [3.8, 4) is 0 Å². The van der Waals surface area contributed by atoms with Crippen molar-refractivity contribution in [2.24, 2.45) is 5.41 Å². The van der Waals surface area contributed by atoms with Crippen LogP contribution >= 0.6 is 0 Å². The average Bonchev–Trinajstić information content (AvgIpc) is 1.78. The highest BCUT2D eigenvalue weighted by Gasteiger charge is 2.50. The minimum atomic E-state index is 0.357. The lowest BCUT2D eigenvalue weighted by atomic mass is 9.62. The normalized spacial score (nSPS) is 27.0. The summed E-state index contributed by atoms with van der Waals surface area (Å²) >= 11 is 0. The standard InChI is InChI=1S/C11H22N2/c1-10(2,7-12-3)13-8-11(9-13)5-4-6-11/h12H,4-9H2,1-3H3. The van der Waals surface area contributed by atoms with Crippen molar-refractivity contribution in [2.45, 2.75) is 38.6 Å². The van der Waals surface area contributed by atoms with Crippen molar-refractivity contribution in [1.82, 2.24) is 10.2 Å². The third kappa shape index (κ3) is 1.50. The molecule has 2 nitrogen and oxygen atoms in total. The van der Waals surface area contributed by atoms with Gasteiger partial charge in [0.15, 0.2) is 0 Å². The van der Waals surface area contributed by atoms with E-state index < -0.39 is 0 Å². The Kier molecular flexibility index (Phi) is 2.16. The first-order valence-corrected chi connectivity index (χ1v) is 5.48. The lowest BCUT2D eigenvalue weighted by molar-refractivity contribution is -0.108. The van der Waals surface area contributed by atoms with Crippen molar-refractivity contribution >= 4 is 0 Å². The molecule has 0 amide bonds. The molecule has 1 heterocycles. The summed E-state index contributed by atoms with van der Waals surface area (Å²) in [6.45, 7) is 8.48. The predicted octanol–water partition coefficient (Wildman–Crippen LogP) is 1.47. The number of hydrogen-bond donors (Lipinski definition) is 1. The fourth-order valence-electron chi connectivity index (χ4n) is 2.73. The molecule has 76 valence electrons. The smallest absolute Gasteiger partial charge is 0.0278 e. The second-order valence-electron chi connectivity index (χ2n) is 5.55. The van der Waals surface area contributed by atoms with Gasteiger partial charge in [0.05, 0.1) is 0 Å². The molecular formula is C11H22N2. The lowest BCUT2D eigenvalue weighted by Crippen LogP contribution is -2.67. The fraction of sp³-hybridized carbons (Fsp3) is 1.00. The Labute approximate surface area is 81.7 Å². The van der Waals surface area contributed by atoms with Gasteiger partial charge in [0.25, 0.3) is 0 Å². The zero-order valence-corrected chi connectivity index (χ0v) is 9.19. The van der Waals surface area contributed by atoms with Crippen LogP contribution in [-0.4, -0.2) is 37.1 Å². The van der Waals surface area contributed by atoms with E-state index >= 15 is 0 Å². The van der Waals surface area contributed by atoms with Gasteiger partial charge >= 0.3 is 0 Å². The zero-order valence-electron chi connectivity index (χ0n) is 9.19. The maximum atomic E-state index is 3.28. The van der Waals surface area contributed by atoms with E-state index in [9.17, 15) is 0 Å². The van der Waals surface area contributed by atoms with Gasteiger partial charge in [-0.1, -0.05) is 6.42 Å². The second-order valence-corrected chi connectivity index (χ2v) is 5.55. The fourth-order valence-corrected chi connectivity index (χ4v) is 2.73.